The van der Waals surface area contributed by atoms with Crippen molar-refractivity contribution in [2.24, 2.45) is 0 Å². The molecule has 1 aliphatic rings. The van der Waals surface area contributed by atoms with E-state index >= 15 is 0 Å². The molecule has 0 amide bonds. The molecule has 0 N–H and O–H groups in total. The summed E-state index contributed by atoms with van der Waals surface area (Å²) in [4.78, 5) is 2.53. The molecule has 13 heavy (non-hydrogen) atoms. The van der Waals surface area contributed by atoms with Crippen LogP contribution in [0.15, 0.2) is 30.3 Å². The van der Waals surface area contributed by atoms with Crippen LogP contribution in [0.25, 0.3) is 0 Å². The van der Waals surface area contributed by atoms with Gasteiger partial charge in [0.25, 0.3) is 0 Å². The summed E-state index contributed by atoms with van der Waals surface area (Å²) < 4.78 is 0. The van der Waals surface area contributed by atoms with Crippen LogP contribution in [0.5, 0.6) is 0 Å². The van der Waals surface area contributed by atoms with E-state index in [9.17, 15) is 0 Å². The van der Waals surface area contributed by atoms with Crippen LogP contribution >= 0.6 is 0 Å². The molecule has 2 atom stereocenters. The second kappa shape index (κ2) is 3.51. The summed E-state index contributed by atoms with van der Waals surface area (Å²) >= 11 is 0. The Morgan fingerprint density at radius 3 is 2.23 bits per heavy atom. The Labute approximate surface area is 80.4 Å². The van der Waals surface area contributed by atoms with Crippen LogP contribution in [0.1, 0.15) is 19.4 Å². The van der Waals surface area contributed by atoms with E-state index in [0.717, 1.165) is 12.1 Å². The van der Waals surface area contributed by atoms with E-state index in [1.165, 1.54) is 18.5 Å². The molecule has 0 radical (unpaired) electrons. The first-order valence-corrected chi connectivity index (χ1v) is 5.08. The topological polar surface area (TPSA) is 3.01 Å². The minimum atomic E-state index is 0.809. The third-order valence-corrected chi connectivity index (χ3v) is 3.16. The first-order valence-electron chi connectivity index (χ1n) is 5.08. The van der Waals surface area contributed by atoms with Crippen molar-refractivity contribution in [3.63, 3.8) is 0 Å². The highest BCUT2D eigenvalue weighted by Gasteiger charge is 2.38. The number of nitrogens with zero attached hydrogens (tertiary/aromatic N) is 1. The third-order valence-electron chi connectivity index (χ3n) is 3.16. The molecule has 0 aliphatic carbocycles. The van der Waals surface area contributed by atoms with Gasteiger partial charge in [-0.25, -0.2) is 0 Å². The summed E-state index contributed by atoms with van der Waals surface area (Å²) in [5.41, 5.74) is 1.45. The van der Waals surface area contributed by atoms with Crippen LogP contribution in [0.3, 0.4) is 0 Å². The number of hydrogen-bond acceptors (Lipinski definition) is 1. The van der Waals surface area contributed by atoms with E-state index in [-0.39, 0.29) is 0 Å². The van der Waals surface area contributed by atoms with Crippen LogP contribution < -0.4 is 0 Å². The average molecular weight is 175 g/mol. The molecule has 1 aromatic carbocycles. The van der Waals surface area contributed by atoms with Crippen LogP contribution in [0, 0.1) is 0 Å². The number of benzene rings is 1. The van der Waals surface area contributed by atoms with Gasteiger partial charge in [-0.3, -0.25) is 4.90 Å². The predicted octanol–water partition coefficient (Wildman–Crippen LogP) is 2.32. The van der Waals surface area contributed by atoms with Crippen molar-refractivity contribution in [2.45, 2.75) is 32.4 Å². The summed E-state index contributed by atoms with van der Waals surface area (Å²) in [6, 6.07) is 12.3. The molecular weight excluding hydrogens is 158 g/mol. The Morgan fingerprint density at radius 1 is 1.08 bits per heavy atom. The van der Waals surface area contributed by atoms with Crippen LogP contribution in [-0.2, 0) is 6.42 Å². The summed E-state index contributed by atoms with van der Waals surface area (Å²) in [6.07, 6.45) is 1.19. The minimum absolute atomic E-state index is 0.809. The van der Waals surface area contributed by atoms with Gasteiger partial charge in [-0.2, -0.15) is 0 Å². The highest BCUT2D eigenvalue weighted by atomic mass is 15.3. The lowest BCUT2D eigenvalue weighted by Crippen LogP contribution is -2.06. The molecule has 0 saturated carbocycles. The second-order valence-electron chi connectivity index (χ2n) is 3.95. The Kier molecular flexibility index (Phi) is 2.36. The fourth-order valence-electron chi connectivity index (χ4n) is 1.89. The third kappa shape index (κ3) is 1.92. The summed E-state index contributed by atoms with van der Waals surface area (Å²) in [5, 5.41) is 0. The van der Waals surface area contributed by atoms with Crippen molar-refractivity contribution in [1.82, 2.24) is 4.90 Å². The Balaban J connectivity index is 1.81. The van der Waals surface area contributed by atoms with E-state index in [2.05, 4.69) is 49.1 Å². The lowest BCUT2D eigenvalue weighted by atomic mass is 10.1. The molecule has 2 rings (SSSR count). The average Bonchev–Trinajstić information content (AvgIpc) is 2.73. The molecule has 70 valence electrons. The van der Waals surface area contributed by atoms with Crippen LogP contribution in [0.4, 0.5) is 0 Å². The molecule has 1 saturated heterocycles. The highest BCUT2D eigenvalue weighted by molar-refractivity contribution is 5.15. The predicted molar refractivity (Wildman–Crippen MR) is 55.8 cm³/mol. The van der Waals surface area contributed by atoms with Gasteiger partial charge >= 0.3 is 0 Å². The first-order chi connectivity index (χ1) is 6.29. The normalized spacial score (nSPS) is 31.7. The largest absolute Gasteiger partial charge is 0.295 e. The first kappa shape index (κ1) is 8.76. The van der Waals surface area contributed by atoms with Crippen LogP contribution in [-0.4, -0.2) is 23.5 Å². The molecule has 1 aromatic rings. The lowest BCUT2D eigenvalue weighted by molar-refractivity contribution is 0.496. The number of hydrogen-bond donors (Lipinski definition) is 0. The SMILES string of the molecule is C[C@H]1[C@H](C)N1CCc1ccccc1. The van der Waals surface area contributed by atoms with E-state index in [1.807, 2.05) is 0 Å². The summed E-state index contributed by atoms with van der Waals surface area (Å²) in [5.74, 6) is 0. The van der Waals surface area contributed by atoms with Gasteiger partial charge < -0.3 is 0 Å². The van der Waals surface area contributed by atoms with Crippen molar-refractivity contribution in [3.05, 3.63) is 35.9 Å². The van der Waals surface area contributed by atoms with Gasteiger partial charge in [-0.05, 0) is 25.8 Å². The zero-order chi connectivity index (χ0) is 9.26. The van der Waals surface area contributed by atoms with Gasteiger partial charge in [0.15, 0.2) is 0 Å². The Hall–Kier alpha value is -0.820. The van der Waals surface area contributed by atoms with Gasteiger partial charge in [0.2, 0.25) is 0 Å². The van der Waals surface area contributed by atoms with Crippen molar-refractivity contribution < 1.29 is 0 Å². The summed E-state index contributed by atoms with van der Waals surface area (Å²) in [6.45, 7) is 5.82. The van der Waals surface area contributed by atoms with E-state index in [0.29, 0.717) is 0 Å². The molecule has 0 unspecified atom stereocenters. The maximum absolute atomic E-state index is 2.53. The van der Waals surface area contributed by atoms with Crippen molar-refractivity contribution in [3.8, 4) is 0 Å². The summed E-state index contributed by atoms with van der Waals surface area (Å²) in [7, 11) is 0. The van der Waals surface area contributed by atoms with Gasteiger partial charge in [0.1, 0.15) is 0 Å². The monoisotopic (exact) mass is 175 g/mol. The molecule has 0 spiro atoms. The molecule has 1 heterocycles. The smallest absolute Gasteiger partial charge is 0.0224 e. The molecule has 1 heteroatoms. The van der Waals surface area contributed by atoms with E-state index in [4.69, 9.17) is 0 Å². The minimum Gasteiger partial charge on any atom is -0.295 e. The quantitative estimate of drug-likeness (QED) is 0.637. The van der Waals surface area contributed by atoms with Crippen molar-refractivity contribution in [2.75, 3.05) is 6.54 Å². The maximum Gasteiger partial charge on any atom is 0.0224 e. The Morgan fingerprint density at radius 2 is 1.69 bits per heavy atom. The van der Waals surface area contributed by atoms with E-state index < -0.39 is 0 Å². The van der Waals surface area contributed by atoms with E-state index in [1.54, 1.807) is 0 Å². The molecular formula is C12H17N. The molecule has 0 bridgehead atoms. The molecule has 1 aliphatic heterocycles. The fraction of sp³-hybridized carbons (Fsp3) is 0.500. The molecule has 1 fully saturated rings. The zero-order valence-corrected chi connectivity index (χ0v) is 8.40. The molecule has 0 aromatic heterocycles. The van der Waals surface area contributed by atoms with Gasteiger partial charge in [0, 0.05) is 18.6 Å². The van der Waals surface area contributed by atoms with Crippen molar-refractivity contribution >= 4 is 0 Å². The maximum atomic E-state index is 2.53. The van der Waals surface area contributed by atoms with Gasteiger partial charge in [-0.1, -0.05) is 30.3 Å². The molecule has 1 nitrogen and oxygen atoms in total. The fourth-order valence-corrected chi connectivity index (χ4v) is 1.89. The van der Waals surface area contributed by atoms with Crippen LogP contribution in [0.2, 0.25) is 0 Å². The standard InChI is InChI=1S/C12H17N/c1-10-11(2)13(10)9-8-12-6-4-3-5-7-12/h3-7,10-11H,8-9H2,1-2H3/t10-,11-/m0/s1. The number of rotatable bonds is 3. The zero-order valence-electron chi connectivity index (χ0n) is 8.40. The van der Waals surface area contributed by atoms with Crippen molar-refractivity contribution in [1.29, 1.82) is 0 Å². The highest BCUT2D eigenvalue weighted by Crippen LogP contribution is 2.26. The van der Waals surface area contributed by atoms with Gasteiger partial charge in [0.05, 0.1) is 0 Å². The lowest BCUT2D eigenvalue weighted by Gasteiger charge is -2.02. The second-order valence-corrected chi connectivity index (χ2v) is 3.95. The Bertz CT molecular complexity index is 260. The van der Waals surface area contributed by atoms with Gasteiger partial charge in [-0.15, -0.1) is 0 Å².